The summed E-state index contributed by atoms with van der Waals surface area (Å²) in [5.41, 5.74) is 0.141. The van der Waals surface area contributed by atoms with Crippen molar-refractivity contribution in [3.63, 3.8) is 0 Å². The molecule has 1 aromatic carbocycles. The number of carbonyl (C=O) groups is 1. The second-order valence-corrected chi connectivity index (χ2v) is 9.63. The van der Waals surface area contributed by atoms with Gasteiger partial charge in [0, 0.05) is 5.39 Å². The van der Waals surface area contributed by atoms with Gasteiger partial charge in [0.15, 0.2) is 5.82 Å². The molecule has 1 amide bonds. The summed E-state index contributed by atoms with van der Waals surface area (Å²) in [6.45, 7) is 1.87. The van der Waals surface area contributed by atoms with Gasteiger partial charge in [0.05, 0.1) is 21.7 Å². The monoisotopic (exact) mass is 422 g/mol. The van der Waals surface area contributed by atoms with Gasteiger partial charge in [0.25, 0.3) is 0 Å². The van der Waals surface area contributed by atoms with E-state index in [0.717, 1.165) is 52.9 Å². The number of thioether (sulfide) groups is 1. The second-order valence-electron chi connectivity index (χ2n) is 7.35. The van der Waals surface area contributed by atoms with Gasteiger partial charge in [-0.25, -0.2) is 9.97 Å². The van der Waals surface area contributed by atoms with Crippen LogP contribution < -0.4 is 5.32 Å². The first-order valence-corrected chi connectivity index (χ1v) is 11.6. The zero-order chi connectivity index (χ0) is 20.3. The summed E-state index contributed by atoms with van der Waals surface area (Å²) in [7, 11) is 0. The number of rotatable bonds is 5. The van der Waals surface area contributed by atoms with Gasteiger partial charge in [0.2, 0.25) is 5.91 Å². The number of hydrogen-bond acceptors (Lipinski definition) is 6. The molecule has 4 rings (SSSR count). The Morgan fingerprint density at radius 1 is 1.21 bits per heavy atom. The number of para-hydroxylation sites is 1. The van der Waals surface area contributed by atoms with E-state index >= 15 is 0 Å². The maximum Gasteiger partial charge on any atom is 0.234 e. The highest BCUT2D eigenvalue weighted by molar-refractivity contribution is 8.00. The van der Waals surface area contributed by atoms with E-state index < -0.39 is 5.54 Å². The minimum Gasteiger partial charge on any atom is -0.337 e. The lowest BCUT2D eigenvalue weighted by molar-refractivity contribution is -0.121. The normalized spacial score (nSPS) is 16.8. The molecule has 1 saturated carbocycles. The molecule has 29 heavy (non-hydrogen) atoms. The van der Waals surface area contributed by atoms with Crippen molar-refractivity contribution in [2.75, 3.05) is 0 Å². The number of hydrogen-bond donors (Lipinski definition) is 1. The molecule has 148 valence electrons. The van der Waals surface area contributed by atoms with Crippen molar-refractivity contribution in [1.82, 2.24) is 15.3 Å². The van der Waals surface area contributed by atoms with Crippen molar-refractivity contribution >= 4 is 39.9 Å². The molecule has 1 unspecified atom stereocenters. The van der Waals surface area contributed by atoms with Gasteiger partial charge in [-0.15, -0.1) is 11.3 Å². The maximum atomic E-state index is 12.9. The van der Waals surface area contributed by atoms with Crippen molar-refractivity contribution in [3.05, 3.63) is 41.8 Å². The fourth-order valence-corrected chi connectivity index (χ4v) is 5.23. The summed E-state index contributed by atoms with van der Waals surface area (Å²) in [6, 6.07) is 14.2. The summed E-state index contributed by atoms with van der Waals surface area (Å²) in [5, 5.41) is 16.0. The molecular weight excluding hydrogens is 400 g/mol. The molecule has 7 heteroatoms. The van der Waals surface area contributed by atoms with Crippen LogP contribution in [0.15, 0.2) is 46.8 Å². The second kappa shape index (κ2) is 8.52. The summed E-state index contributed by atoms with van der Waals surface area (Å²) < 4.78 is 0. The van der Waals surface area contributed by atoms with Gasteiger partial charge in [-0.1, -0.05) is 55.3 Å². The lowest BCUT2D eigenvalue weighted by Gasteiger charge is -2.32. The van der Waals surface area contributed by atoms with Gasteiger partial charge in [-0.05, 0) is 37.3 Å². The van der Waals surface area contributed by atoms with E-state index in [1.807, 2.05) is 48.7 Å². The van der Waals surface area contributed by atoms with Gasteiger partial charge >= 0.3 is 0 Å². The molecule has 0 spiro atoms. The van der Waals surface area contributed by atoms with Crippen molar-refractivity contribution in [3.8, 4) is 16.8 Å². The molecular formula is C22H22N4OS2. The standard InChI is InChI=1S/C22H22N4OS2/c1-15(20(27)26-22(14-23)11-5-2-6-12-22)29-21-16-8-3-4-9-17(16)24-19(25-21)18-10-7-13-28-18/h3-4,7-10,13,15H,2,5-6,11-12H2,1H3,(H,26,27). The topological polar surface area (TPSA) is 78.7 Å². The van der Waals surface area contributed by atoms with E-state index in [4.69, 9.17) is 9.97 Å². The Morgan fingerprint density at radius 3 is 2.72 bits per heavy atom. The Kier molecular flexibility index (Phi) is 5.84. The molecule has 1 fully saturated rings. The Balaban J connectivity index is 1.59. The number of nitrogens with zero attached hydrogens (tertiary/aromatic N) is 3. The third kappa shape index (κ3) is 4.29. The maximum absolute atomic E-state index is 12.9. The Morgan fingerprint density at radius 2 is 2.00 bits per heavy atom. The van der Waals surface area contributed by atoms with Crippen LogP contribution in [0.25, 0.3) is 21.6 Å². The molecule has 1 aliphatic carbocycles. The highest BCUT2D eigenvalue weighted by Crippen LogP contribution is 2.33. The number of nitrogens with one attached hydrogen (secondary N) is 1. The van der Waals surface area contributed by atoms with Crippen molar-refractivity contribution in [2.24, 2.45) is 0 Å². The van der Waals surface area contributed by atoms with E-state index in [9.17, 15) is 10.1 Å². The van der Waals surface area contributed by atoms with Crippen LogP contribution in [0.2, 0.25) is 0 Å². The fourth-order valence-electron chi connectivity index (χ4n) is 3.63. The molecule has 1 aliphatic rings. The Hall–Kier alpha value is -2.43. The van der Waals surface area contributed by atoms with Crippen molar-refractivity contribution in [2.45, 2.75) is 54.8 Å². The number of benzene rings is 1. The molecule has 0 radical (unpaired) electrons. The average molecular weight is 423 g/mol. The highest BCUT2D eigenvalue weighted by atomic mass is 32.2. The van der Waals surface area contributed by atoms with E-state index in [1.54, 1.807) is 11.3 Å². The van der Waals surface area contributed by atoms with Gasteiger partial charge in [-0.2, -0.15) is 5.26 Å². The van der Waals surface area contributed by atoms with Crippen LogP contribution >= 0.6 is 23.1 Å². The zero-order valence-corrected chi connectivity index (χ0v) is 17.9. The minimum atomic E-state index is -0.722. The summed E-state index contributed by atoms with van der Waals surface area (Å²) in [4.78, 5) is 23.4. The molecule has 2 aromatic heterocycles. The number of aromatic nitrogens is 2. The lowest BCUT2D eigenvalue weighted by atomic mass is 9.83. The quantitative estimate of drug-likeness (QED) is 0.453. The van der Waals surface area contributed by atoms with Gasteiger partial charge < -0.3 is 5.32 Å². The number of fused-ring (bicyclic) bond motifs is 1. The molecule has 1 N–H and O–H groups in total. The molecule has 2 heterocycles. The van der Waals surface area contributed by atoms with Crippen LogP contribution in [0.1, 0.15) is 39.0 Å². The van der Waals surface area contributed by atoms with Crippen LogP contribution in [-0.4, -0.2) is 26.7 Å². The fraction of sp³-hybridized carbons (Fsp3) is 0.364. The van der Waals surface area contributed by atoms with Crippen LogP contribution in [0.4, 0.5) is 0 Å². The first kappa shape index (κ1) is 19.9. The van der Waals surface area contributed by atoms with Gasteiger partial charge in [-0.3, -0.25) is 4.79 Å². The first-order valence-electron chi connectivity index (χ1n) is 9.81. The summed E-state index contributed by atoms with van der Waals surface area (Å²) in [5.74, 6) is 0.563. The summed E-state index contributed by atoms with van der Waals surface area (Å²) in [6.07, 6.45) is 4.55. The van der Waals surface area contributed by atoms with Crippen molar-refractivity contribution < 1.29 is 4.79 Å². The predicted molar refractivity (Wildman–Crippen MR) is 118 cm³/mol. The third-order valence-electron chi connectivity index (χ3n) is 5.25. The number of thiophene rings is 1. The van der Waals surface area contributed by atoms with E-state index in [1.165, 1.54) is 11.8 Å². The van der Waals surface area contributed by atoms with Crippen LogP contribution in [0.5, 0.6) is 0 Å². The molecule has 1 atom stereocenters. The van der Waals surface area contributed by atoms with E-state index in [0.29, 0.717) is 5.82 Å². The molecule has 0 bridgehead atoms. The number of carbonyl (C=O) groups excluding carboxylic acids is 1. The van der Waals surface area contributed by atoms with E-state index in [2.05, 4.69) is 11.4 Å². The number of amides is 1. The largest absolute Gasteiger partial charge is 0.337 e. The van der Waals surface area contributed by atoms with E-state index in [-0.39, 0.29) is 11.2 Å². The molecule has 5 nitrogen and oxygen atoms in total. The molecule has 3 aromatic rings. The molecule has 0 saturated heterocycles. The SMILES string of the molecule is CC(Sc1nc(-c2cccs2)nc2ccccc12)C(=O)NC1(C#N)CCCCC1. The lowest BCUT2D eigenvalue weighted by Crippen LogP contribution is -2.50. The Bertz CT molecular complexity index is 1050. The van der Waals surface area contributed by atoms with Crippen LogP contribution in [0.3, 0.4) is 0 Å². The average Bonchev–Trinajstić information content (AvgIpc) is 3.29. The van der Waals surface area contributed by atoms with Crippen LogP contribution in [0, 0.1) is 11.3 Å². The Labute approximate surface area is 178 Å². The van der Waals surface area contributed by atoms with Crippen molar-refractivity contribution in [1.29, 1.82) is 5.26 Å². The zero-order valence-electron chi connectivity index (χ0n) is 16.2. The highest BCUT2D eigenvalue weighted by Gasteiger charge is 2.35. The first-order chi connectivity index (χ1) is 14.1. The molecule has 0 aliphatic heterocycles. The summed E-state index contributed by atoms with van der Waals surface area (Å²) >= 11 is 3.02. The predicted octanol–water partition coefficient (Wildman–Crippen LogP) is 5.18. The smallest absolute Gasteiger partial charge is 0.234 e. The third-order valence-corrected chi connectivity index (χ3v) is 7.22. The van der Waals surface area contributed by atoms with Crippen LogP contribution in [-0.2, 0) is 4.79 Å². The minimum absolute atomic E-state index is 0.112. The van der Waals surface area contributed by atoms with Gasteiger partial charge in [0.1, 0.15) is 10.6 Å². The number of nitriles is 1.